The van der Waals surface area contributed by atoms with E-state index in [9.17, 15) is 4.79 Å². The van der Waals surface area contributed by atoms with Crippen molar-refractivity contribution < 1.29 is 0 Å². The van der Waals surface area contributed by atoms with Crippen LogP contribution in [0.5, 0.6) is 0 Å². The zero-order chi connectivity index (χ0) is 13.5. The van der Waals surface area contributed by atoms with Crippen LogP contribution in [0, 0.1) is 16.7 Å². The predicted octanol–water partition coefficient (Wildman–Crippen LogP) is 1.59. The third-order valence-electron chi connectivity index (χ3n) is 3.70. The Labute approximate surface area is 110 Å². The number of aromatic nitrogens is 2. The number of imidazole rings is 1. The molecule has 0 spiro atoms. The number of rotatable bonds is 4. The van der Waals surface area contributed by atoms with E-state index < -0.39 is 0 Å². The number of hydrogen-bond acceptors (Lipinski definition) is 3. The quantitative estimate of drug-likeness (QED) is 0.872. The van der Waals surface area contributed by atoms with Crippen LogP contribution in [0.25, 0.3) is 11.0 Å². The molecule has 98 valence electrons. The number of nitriles is 1. The third-order valence-corrected chi connectivity index (χ3v) is 3.70. The number of H-pyrrole nitrogens is 2. The summed E-state index contributed by atoms with van der Waals surface area (Å²) in [4.78, 5) is 18.9. The summed E-state index contributed by atoms with van der Waals surface area (Å²) in [5, 5.41) is 9.10. The van der Waals surface area contributed by atoms with Gasteiger partial charge >= 0.3 is 5.69 Å². The molecule has 2 N–H and O–H groups in total. The molecule has 1 saturated carbocycles. The van der Waals surface area contributed by atoms with Crippen molar-refractivity contribution in [2.24, 2.45) is 5.41 Å². The van der Waals surface area contributed by atoms with Crippen molar-refractivity contribution >= 4 is 11.0 Å². The van der Waals surface area contributed by atoms with Crippen LogP contribution in [0.2, 0.25) is 0 Å². The summed E-state index contributed by atoms with van der Waals surface area (Å²) < 4.78 is 0. The van der Waals surface area contributed by atoms with Gasteiger partial charge in [-0.05, 0) is 37.6 Å². The largest absolute Gasteiger partial charge is 0.323 e. The Balaban J connectivity index is 1.74. The van der Waals surface area contributed by atoms with Crippen molar-refractivity contribution in [3.05, 3.63) is 34.2 Å². The summed E-state index contributed by atoms with van der Waals surface area (Å²) in [5.41, 5.74) is 2.51. The maximum Gasteiger partial charge on any atom is 0.323 e. The summed E-state index contributed by atoms with van der Waals surface area (Å²) in [5.74, 6) is 0. The molecule has 1 fully saturated rings. The lowest BCUT2D eigenvalue weighted by atomic mass is 10.1. The van der Waals surface area contributed by atoms with Gasteiger partial charge in [-0.2, -0.15) is 5.26 Å². The Morgan fingerprint density at radius 3 is 2.79 bits per heavy atom. The highest BCUT2D eigenvalue weighted by Crippen LogP contribution is 2.45. The van der Waals surface area contributed by atoms with Gasteiger partial charge in [-0.15, -0.1) is 0 Å². The molecule has 19 heavy (non-hydrogen) atoms. The van der Waals surface area contributed by atoms with Crippen molar-refractivity contribution in [3.8, 4) is 6.07 Å². The van der Waals surface area contributed by atoms with Gasteiger partial charge in [-0.1, -0.05) is 6.07 Å². The number of aromatic amines is 2. The fourth-order valence-corrected chi connectivity index (χ4v) is 2.52. The summed E-state index contributed by atoms with van der Waals surface area (Å²) in [6.45, 7) is 1.60. The predicted molar refractivity (Wildman–Crippen MR) is 72.5 cm³/mol. The standard InChI is InChI=1S/C14H16N4O/c1-18(9-14(8-15)4-5-14)7-10-2-3-11-12(6-10)17-13(19)16-11/h2-3,6H,4-5,7,9H2,1H3,(H2,16,17,19). The van der Waals surface area contributed by atoms with E-state index in [1.807, 2.05) is 25.2 Å². The molecule has 0 bridgehead atoms. The molecule has 1 aromatic carbocycles. The molecular weight excluding hydrogens is 240 g/mol. The van der Waals surface area contributed by atoms with E-state index in [1.54, 1.807) is 0 Å². The molecule has 1 aliphatic carbocycles. The van der Waals surface area contributed by atoms with E-state index in [1.165, 1.54) is 0 Å². The van der Waals surface area contributed by atoms with Crippen LogP contribution < -0.4 is 5.69 Å². The van der Waals surface area contributed by atoms with Crippen LogP contribution in [-0.2, 0) is 6.54 Å². The molecule has 1 aliphatic rings. The molecule has 0 saturated heterocycles. The zero-order valence-corrected chi connectivity index (χ0v) is 10.9. The minimum Gasteiger partial charge on any atom is -0.306 e. The molecule has 0 radical (unpaired) electrons. The van der Waals surface area contributed by atoms with Gasteiger partial charge in [-0.3, -0.25) is 0 Å². The van der Waals surface area contributed by atoms with Crippen LogP contribution >= 0.6 is 0 Å². The molecule has 0 aliphatic heterocycles. The third kappa shape index (κ3) is 2.40. The monoisotopic (exact) mass is 256 g/mol. The summed E-state index contributed by atoms with van der Waals surface area (Å²) in [7, 11) is 2.03. The maximum absolute atomic E-state index is 11.2. The van der Waals surface area contributed by atoms with Gasteiger partial charge in [0.15, 0.2) is 0 Å². The van der Waals surface area contributed by atoms with E-state index in [4.69, 9.17) is 5.26 Å². The number of nitrogens with zero attached hydrogens (tertiary/aromatic N) is 2. The number of benzene rings is 1. The first-order valence-corrected chi connectivity index (χ1v) is 6.41. The van der Waals surface area contributed by atoms with Gasteiger partial charge in [0.1, 0.15) is 0 Å². The molecule has 1 heterocycles. The van der Waals surface area contributed by atoms with E-state index in [0.29, 0.717) is 0 Å². The highest BCUT2D eigenvalue weighted by atomic mass is 16.1. The number of hydrogen-bond donors (Lipinski definition) is 2. The lowest BCUT2D eigenvalue weighted by Crippen LogP contribution is -2.25. The Morgan fingerprint density at radius 1 is 1.37 bits per heavy atom. The number of fused-ring (bicyclic) bond motifs is 1. The molecule has 2 aromatic rings. The van der Waals surface area contributed by atoms with E-state index in [-0.39, 0.29) is 11.1 Å². The van der Waals surface area contributed by atoms with Crippen LogP contribution in [-0.4, -0.2) is 28.5 Å². The lowest BCUT2D eigenvalue weighted by Gasteiger charge is -2.19. The van der Waals surface area contributed by atoms with Crippen molar-refractivity contribution in [1.29, 1.82) is 5.26 Å². The van der Waals surface area contributed by atoms with E-state index in [2.05, 4.69) is 20.9 Å². The average Bonchev–Trinajstić information content (AvgIpc) is 3.03. The van der Waals surface area contributed by atoms with Crippen molar-refractivity contribution in [1.82, 2.24) is 14.9 Å². The second-order valence-corrected chi connectivity index (χ2v) is 5.52. The van der Waals surface area contributed by atoms with Crippen LogP contribution in [0.15, 0.2) is 23.0 Å². The molecule has 0 amide bonds. The Kier molecular flexibility index (Phi) is 2.68. The van der Waals surface area contributed by atoms with Crippen molar-refractivity contribution in [2.45, 2.75) is 19.4 Å². The summed E-state index contributed by atoms with van der Waals surface area (Å²) in [6.07, 6.45) is 2.02. The fraction of sp³-hybridized carbons (Fsp3) is 0.429. The Bertz CT molecular complexity index is 702. The van der Waals surface area contributed by atoms with Crippen LogP contribution in [0.4, 0.5) is 0 Å². The minimum absolute atomic E-state index is 0.110. The van der Waals surface area contributed by atoms with Gasteiger partial charge in [0, 0.05) is 13.1 Å². The second-order valence-electron chi connectivity index (χ2n) is 5.52. The Hall–Kier alpha value is -2.06. The molecule has 0 atom stereocenters. The molecule has 5 heteroatoms. The lowest BCUT2D eigenvalue weighted by molar-refractivity contribution is 0.287. The summed E-state index contributed by atoms with van der Waals surface area (Å²) >= 11 is 0. The first-order chi connectivity index (χ1) is 9.10. The highest BCUT2D eigenvalue weighted by Gasteiger charge is 2.43. The second kappa shape index (κ2) is 4.25. The Morgan fingerprint density at radius 2 is 2.11 bits per heavy atom. The minimum atomic E-state index is -0.179. The smallest absolute Gasteiger partial charge is 0.306 e. The molecular formula is C14H16N4O. The van der Waals surface area contributed by atoms with E-state index in [0.717, 1.165) is 42.5 Å². The number of nitrogens with one attached hydrogen (secondary N) is 2. The van der Waals surface area contributed by atoms with Gasteiger partial charge in [0.25, 0.3) is 0 Å². The van der Waals surface area contributed by atoms with Crippen LogP contribution in [0.1, 0.15) is 18.4 Å². The highest BCUT2D eigenvalue weighted by molar-refractivity contribution is 5.74. The molecule has 3 rings (SSSR count). The average molecular weight is 256 g/mol. The first kappa shape index (κ1) is 12.0. The van der Waals surface area contributed by atoms with Crippen molar-refractivity contribution in [2.75, 3.05) is 13.6 Å². The van der Waals surface area contributed by atoms with E-state index >= 15 is 0 Å². The topological polar surface area (TPSA) is 75.7 Å². The van der Waals surface area contributed by atoms with Gasteiger partial charge in [0.2, 0.25) is 0 Å². The van der Waals surface area contributed by atoms with Crippen LogP contribution in [0.3, 0.4) is 0 Å². The SMILES string of the molecule is CN(Cc1ccc2[nH]c(=O)[nH]c2c1)CC1(C#N)CC1. The zero-order valence-electron chi connectivity index (χ0n) is 10.9. The van der Waals surface area contributed by atoms with Crippen molar-refractivity contribution in [3.63, 3.8) is 0 Å². The normalized spacial score (nSPS) is 16.7. The van der Waals surface area contributed by atoms with Gasteiger partial charge in [-0.25, -0.2) is 4.79 Å². The molecule has 5 nitrogen and oxygen atoms in total. The maximum atomic E-state index is 11.2. The first-order valence-electron chi connectivity index (χ1n) is 6.41. The summed E-state index contributed by atoms with van der Waals surface area (Å²) in [6, 6.07) is 8.31. The molecule has 1 aromatic heterocycles. The fourth-order valence-electron chi connectivity index (χ4n) is 2.52. The molecule has 0 unspecified atom stereocenters. The van der Waals surface area contributed by atoms with Gasteiger partial charge in [0.05, 0.1) is 22.5 Å². The van der Waals surface area contributed by atoms with Gasteiger partial charge < -0.3 is 14.9 Å².